The van der Waals surface area contributed by atoms with Crippen LogP contribution < -0.4 is 4.74 Å². The summed E-state index contributed by atoms with van der Waals surface area (Å²) < 4.78 is 16.6. The smallest absolute Gasteiger partial charge is 0.357 e. The molecule has 0 saturated heterocycles. The molecule has 0 bridgehead atoms. The van der Waals surface area contributed by atoms with Gasteiger partial charge >= 0.3 is 5.97 Å². The largest absolute Gasteiger partial charge is 0.481 e. The number of carbonyl (C=O) groups excluding carboxylic acids is 1. The summed E-state index contributed by atoms with van der Waals surface area (Å²) in [6.07, 6.45) is 1.40. The van der Waals surface area contributed by atoms with E-state index in [2.05, 4.69) is 4.98 Å². The van der Waals surface area contributed by atoms with Crippen molar-refractivity contribution in [2.45, 2.75) is 52.2 Å². The van der Waals surface area contributed by atoms with Gasteiger partial charge < -0.3 is 19.3 Å². The van der Waals surface area contributed by atoms with Crippen LogP contribution in [0, 0.1) is 0 Å². The summed E-state index contributed by atoms with van der Waals surface area (Å²) in [5.41, 5.74) is 2.17. The normalized spacial score (nSPS) is 13.0. The van der Waals surface area contributed by atoms with E-state index in [1.165, 1.54) is 7.11 Å². The molecule has 0 aliphatic heterocycles. The molecule has 1 aromatic heterocycles. The number of hydrogen-bond donors (Lipinski definition) is 1. The molecular weight excluding hydrogens is 370 g/mol. The van der Waals surface area contributed by atoms with E-state index in [-0.39, 0.29) is 18.9 Å². The molecule has 0 spiro atoms. The van der Waals surface area contributed by atoms with Crippen molar-refractivity contribution >= 4 is 5.97 Å². The van der Waals surface area contributed by atoms with Crippen LogP contribution in [0.5, 0.6) is 5.88 Å². The Morgan fingerprint density at radius 2 is 1.90 bits per heavy atom. The third-order valence-electron chi connectivity index (χ3n) is 5.06. The van der Waals surface area contributed by atoms with Gasteiger partial charge in [0.25, 0.3) is 0 Å². The highest BCUT2D eigenvalue weighted by Gasteiger charge is 2.31. The van der Waals surface area contributed by atoms with Crippen LogP contribution in [0.15, 0.2) is 36.4 Å². The summed E-state index contributed by atoms with van der Waals surface area (Å²) in [5, 5.41) is 10.1. The second kappa shape index (κ2) is 10.9. The Labute approximate surface area is 172 Å². The Kier molecular flexibility index (Phi) is 8.61. The maximum absolute atomic E-state index is 12.4. The van der Waals surface area contributed by atoms with Crippen LogP contribution >= 0.6 is 0 Å². The van der Waals surface area contributed by atoms with Crippen molar-refractivity contribution in [1.82, 2.24) is 4.98 Å². The van der Waals surface area contributed by atoms with Gasteiger partial charge in [-0.3, -0.25) is 0 Å². The predicted molar refractivity (Wildman–Crippen MR) is 111 cm³/mol. The molecule has 29 heavy (non-hydrogen) atoms. The number of nitrogens with zero attached hydrogens (tertiary/aromatic N) is 1. The first kappa shape index (κ1) is 22.8. The Hall–Kier alpha value is -2.44. The standard InChI is InChI=1S/C23H31NO5/c1-5-12-29-22(26)20-13-19(23(3,6-2)16-25)18(21(24-20)27-4)15-28-14-17-10-8-7-9-11-17/h7-11,13,25H,5-6,12,14-16H2,1-4H3. The maximum Gasteiger partial charge on any atom is 0.357 e. The highest BCUT2D eigenvalue weighted by molar-refractivity contribution is 5.88. The lowest BCUT2D eigenvalue weighted by Gasteiger charge is -2.30. The molecule has 2 rings (SSSR count). The minimum atomic E-state index is -0.568. The fraction of sp³-hybridized carbons (Fsp3) is 0.478. The second-order valence-electron chi connectivity index (χ2n) is 7.23. The molecule has 0 fully saturated rings. The van der Waals surface area contributed by atoms with E-state index in [0.717, 1.165) is 23.1 Å². The summed E-state index contributed by atoms with van der Waals surface area (Å²) in [5.74, 6) is -0.188. The van der Waals surface area contributed by atoms with Crippen LogP contribution in [0.25, 0.3) is 0 Å². The number of aliphatic hydroxyl groups excluding tert-OH is 1. The third kappa shape index (κ3) is 5.78. The molecule has 1 aromatic carbocycles. The molecule has 0 amide bonds. The molecule has 0 saturated carbocycles. The van der Waals surface area contributed by atoms with Crippen molar-refractivity contribution in [3.05, 3.63) is 58.8 Å². The summed E-state index contributed by atoms with van der Waals surface area (Å²) in [6, 6.07) is 11.6. The van der Waals surface area contributed by atoms with E-state index >= 15 is 0 Å². The van der Waals surface area contributed by atoms with Gasteiger partial charge in [-0.2, -0.15) is 0 Å². The monoisotopic (exact) mass is 401 g/mol. The Bertz CT molecular complexity index is 787. The van der Waals surface area contributed by atoms with Gasteiger partial charge in [0, 0.05) is 11.0 Å². The maximum atomic E-state index is 12.4. The Morgan fingerprint density at radius 3 is 2.48 bits per heavy atom. The highest BCUT2D eigenvalue weighted by atomic mass is 16.5. The van der Waals surface area contributed by atoms with Crippen molar-refractivity contribution in [1.29, 1.82) is 0 Å². The quantitative estimate of drug-likeness (QED) is 0.573. The molecule has 2 aromatic rings. The Balaban J connectivity index is 2.39. The van der Waals surface area contributed by atoms with Gasteiger partial charge in [-0.25, -0.2) is 9.78 Å². The molecule has 1 N–H and O–H groups in total. The van der Waals surface area contributed by atoms with Crippen LogP contribution in [0.1, 0.15) is 60.8 Å². The van der Waals surface area contributed by atoms with Gasteiger partial charge in [-0.1, -0.05) is 51.1 Å². The average molecular weight is 402 g/mol. The third-order valence-corrected chi connectivity index (χ3v) is 5.06. The van der Waals surface area contributed by atoms with Crippen LogP contribution in [0.4, 0.5) is 0 Å². The summed E-state index contributed by atoms with van der Waals surface area (Å²) in [6.45, 7) is 6.80. The topological polar surface area (TPSA) is 77.9 Å². The molecule has 0 aliphatic carbocycles. The van der Waals surface area contributed by atoms with Crippen LogP contribution in [-0.4, -0.2) is 36.4 Å². The molecule has 0 radical (unpaired) electrons. The number of hydrogen-bond acceptors (Lipinski definition) is 6. The van der Waals surface area contributed by atoms with E-state index in [0.29, 0.717) is 25.5 Å². The second-order valence-corrected chi connectivity index (χ2v) is 7.23. The SMILES string of the molecule is CCCOC(=O)c1cc(C(C)(CC)CO)c(COCc2ccccc2)c(OC)n1. The summed E-state index contributed by atoms with van der Waals surface area (Å²) in [7, 11) is 1.51. The molecule has 1 unspecified atom stereocenters. The fourth-order valence-electron chi connectivity index (χ4n) is 3.00. The first-order chi connectivity index (χ1) is 14.0. The minimum Gasteiger partial charge on any atom is -0.481 e. The summed E-state index contributed by atoms with van der Waals surface area (Å²) >= 11 is 0. The average Bonchev–Trinajstić information content (AvgIpc) is 2.77. The Morgan fingerprint density at radius 1 is 1.17 bits per heavy atom. The van der Waals surface area contributed by atoms with E-state index in [1.54, 1.807) is 6.07 Å². The lowest BCUT2D eigenvalue weighted by molar-refractivity contribution is 0.0495. The van der Waals surface area contributed by atoms with Gasteiger partial charge in [0.05, 0.1) is 33.5 Å². The van der Waals surface area contributed by atoms with Crippen LogP contribution in [-0.2, 0) is 28.1 Å². The van der Waals surface area contributed by atoms with Crippen molar-refractivity contribution in [2.75, 3.05) is 20.3 Å². The number of esters is 1. The highest BCUT2D eigenvalue weighted by Crippen LogP contribution is 2.35. The number of pyridine rings is 1. The van der Waals surface area contributed by atoms with Crippen molar-refractivity contribution in [3.63, 3.8) is 0 Å². The van der Waals surface area contributed by atoms with Crippen LogP contribution in [0.3, 0.4) is 0 Å². The zero-order chi connectivity index (χ0) is 21.3. The molecule has 158 valence electrons. The van der Waals surface area contributed by atoms with E-state index < -0.39 is 11.4 Å². The molecule has 6 heteroatoms. The van der Waals surface area contributed by atoms with Gasteiger partial charge in [0.15, 0.2) is 5.69 Å². The van der Waals surface area contributed by atoms with E-state index in [9.17, 15) is 9.90 Å². The lowest BCUT2D eigenvalue weighted by Crippen LogP contribution is -2.29. The van der Waals surface area contributed by atoms with Gasteiger partial charge in [0.2, 0.25) is 5.88 Å². The van der Waals surface area contributed by atoms with Crippen LogP contribution in [0.2, 0.25) is 0 Å². The molecule has 1 atom stereocenters. The zero-order valence-electron chi connectivity index (χ0n) is 17.7. The van der Waals surface area contributed by atoms with Gasteiger partial charge in [-0.05, 0) is 30.0 Å². The van der Waals surface area contributed by atoms with Gasteiger partial charge in [0.1, 0.15) is 0 Å². The fourth-order valence-corrected chi connectivity index (χ4v) is 3.00. The molecule has 6 nitrogen and oxygen atoms in total. The van der Waals surface area contributed by atoms with Crippen molar-refractivity contribution in [2.24, 2.45) is 0 Å². The van der Waals surface area contributed by atoms with E-state index in [1.807, 2.05) is 51.1 Å². The van der Waals surface area contributed by atoms with Crippen molar-refractivity contribution < 1.29 is 24.1 Å². The number of rotatable bonds is 11. The minimum absolute atomic E-state index is 0.0776. The number of carbonyl (C=O) groups is 1. The number of ether oxygens (including phenoxy) is 3. The number of aliphatic hydroxyl groups is 1. The predicted octanol–water partition coefficient (Wildman–Crippen LogP) is 4.03. The van der Waals surface area contributed by atoms with Crippen molar-refractivity contribution in [3.8, 4) is 5.88 Å². The zero-order valence-corrected chi connectivity index (χ0v) is 17.7. The number of methoxy groups -OCH3 is 1. The first-order valence-corrected chi connectivity index (χ1v) is 9.97. The molecule has 1 heterocycles. The number of benzene rings is 1. The molecule has 0 aliphatic rings. The van der Waals surface area contributed by atoms with E-state index in [4.69, 9.17) is 14.2 Å². The number of aromatic nitrogens is 1. The first-order valence-electron chi connectivity index (χ1n) is 9.97. The lowest BCUT2D eigenvalue weighted by atomic mass is 9.78. The summed E-state index contributed by atoms with van der Waals surface area (Å²) in [4.78, 5) is 16.8. The molecular formula is C23H31NO5. The van der Waals surface area contributed by atoms with Gasteiger partial charge in [-0.15, -0.1) is 0 Å².